The zero-order valence-electron chi connectivity index (χ0n) is 14.5. The van der Waals surface area contributed by atoms with E-state index >= 15 is 0 Å². The maximum Gasteiger partial charge on any atom is 0.263 e. The van der Waals surface area contributed by atoms with Gasteiger partial charge in [-0.15, -0.1) is 11.8 Å². The van der Waals surface area contributed by atoms with E-state index in [-0.39, 0.29) is 5.56 Å². The number of aromatic nitrogens is 4. The summed E-state index contributed by atoms with van der Waals surface area (Å²) in [5.41, 5.74) is 1.43. The van der Waals surface area contributed by atoms with Crippen LogP contribution in [0.25, 0.3) is 0 Å². The van der Waals surface area contributed by atoms with Crippen LogP contribution in [-0.2, 0) is 19.3 Å². The van der Waals surface area contributed by atoms with E-state index in [1.54, 1.807) is 22.6 Å². The Morgan fingerprint density at radius 3 is 2.69 bits per heavy atom. The molecule has 0 spiro atoms. The summed E-state index contributed by atoms with van der Waals surface area (Å²) in [6.45, 7) is 2.23. The van der Waals surface area contributed by atoms with Crippen molar-refractivity contribution >= 4 is 17.7 Å². The number of thioether (sulfide) groups is 1. The fraction of sp³-hybridized carbons (Fsp3) is 0.222. The molecule has 0 aliphatic carbocycles. The van der Waals surface area contributed by atoms with Gasteiger partial charge < -0.3 is 10.3 Å². The van der Waals surface area contributed by atoms with Crippen LogP contribution in [0.5, 0.6) is 0 Å². The fourth-order valence-electron chi connectivity index (χ4n) is 2.32. The van der Waals surface area contributed by atoms with Crippen LogP contribution in [0.2, 0.25) is 0 Å². The average Bonchev–Trinajstić information content (AvgIpc) is 2.97. The monoisotopic (exact) mass is 369 g/mol. The first-order chi connectivity index (χ1) is 12.5. The minimum Gasteiger partial charge on any atom is -0.348 e. The SMILES string of the molecule is Cc1c(CNC(=O)c2cnc(CSc3ccccc3)[nH]c2=O)cnn1C. The van der Waals surface area contributed by atoms with Gasteiger partial charge in [-0.25, -0.2) is 4.98 Å². The van der Waals surface area contributed by atoms with E-state index in [4.69, 9.17) is 0 Å². The number of carbonyl (C=O) groups excluding carboxylic acids is 1. The van der Waals surface area contributed by atoms with Crippen LogP contribution in [0, 0.1) is 6.92 Å². The number of rotatable bonds is 6. The molecule has 2 aromatic heterocycles. The molecular formula is C18H19N5O2S. The molecular weight excluding hydrogens is 350 g/mol. The molecule has 2 heterocycles. The molecule has 1 aromatic carbocycles. The molecule has 0 radical (unpaired) electrons. The van der Waals surface area contributed by atoms with Gasteiger partial charge in [-0.05, 0) is 19.1 Å². The Kier molecular flexibility index (Phi) is 5.52. The van der Waals surface area contributed by atoms with Gasteiger partial charge in [0.05, 0.1) is 11.9 Å². The van der Waals surface area contributed by atoms with Crippen LogP contribution in [0.3, 0.4) is 0 Å². The van der Waals surface area contributed by atoms with Gasteiger partial charge in [0.1, 0.15) is 11.4 Å². The quantitative estimate of drug-likeness (QED) is 0.649. The highest BCUT2D eigenvalue weighted by molar-refractivity contribution is 7.98. The summed E-state index contributed by atoms with van der Waals surface area (Å²) in [6, 6.07) is 9.84. The normalized spacial score (nSPS) is 10.7. The molecule has 0 unspecified atom stereocenters. The lowest BCUT2D eigenvalue weighted by atomic mass is 10.2. The van der Waals surface area contributed by atoms with E-state index in [1.807, 2.05) is 44.3 Å². The molecule has 134 valence electrons. The average molecular weight is 369 g/mol. The number of benzene rings is 1. The first-order valence-corrected chi connectivity index (χ1v) is 9.05. The van der Waals surface area contributed by atoms with Crippen molar-refractivity contribution in [3.8, 4) is 0 Å². The van der Waals surface area contributed by atoms with Crippen molar-refractivity contribution in [3.63, 3.8) is 0 Å². The van der Waals surface area contributed by atoms with Gasteiger partial charge in [-0.2, -0.15) is 5.10 Å². The van der Waals surface area contributed by atoms with Gasteiger partial charge in [-0.3, -0.25) is 14.3 Å². The van der Waals surface area contributed by atoms with Crippen molar-refractivity contribution in [1.29, 1.82) is 0 Å². The van der Waals surface area contributed by atoms with Crippen LogP contribution >= 0.6 is 11.8 Å². The molecule has 1 amide bonds. The smallest absolute Gasteiger partial charge is 0.263 e. The molecule has 2 N–H and O–H groups in total. The summed E-state index contributed by atoms with van der Waals surface area (Å²) in [5.74, 6) is 0.600. The van der Waals surface area contributed by atoms with E-state index in [0.717, 1.165) is 16.2 Å². The van der Waals surface area contributed by atoms with Crippen LogP contribution in [0.15, 0.2) is 52.4 Å². The highest BCUT2D eigenvalue weighted by atomic mass is 32.2. The molecule has 8 heteroatoms. The van der Waals surface area contributed by atoms with Gasteiger partial charge in [0, 0.05) is 35.9 Å². The Hall–Kier alpha value is -2.87. The third-order valence-corrected chi connectivity index (χ3v) is 5.01. The highest BCUT2D eigenvalue weighted by Gasteiger charge is 2.13. The number of hydrogen-bond acceptors (Lipinski definition) is 5. The summed E-state index contributed by atoms with van der Waals surface area (Å²) >= 11 is 1.57. The molecule has 0 atom stereocenters. The lowest BCUT2D eigenvalue weighted by molar-refractivity contribution is 0.0949. The number of nitrogens with one attached hydrogen (secondary N) is 2. The van der Waals surface area contributed by atoms with Gasteiger partial charge in [0.15, 0.2) is 0 Å². The van der Waals surface area contributed by atoms with Gasteiger partial charge >= 0.3 is 0 Å². The second-order valence-corrected chi connectivity index (χ2v) is 6.78. The second-order valence-electron chi connectivity index (χ2n) is 5.74. The summed E-state index contributed by atoms with van der Waals surface area (Å²) in [4.78, 5) is 32.4. The number of H-pyrrole nitrogens is 1. The second kappa shape index (κ2) is 8.01. The number of aryl methyl sites for hydroxylation is 1. The predicted molar refractivity (Wildman–Crippen MR) is 100.0 cm³/mol. The summed E-state index contributed by atoms with van der Waals surface area (Å²) in [5, 5.41) is 6.85. The predicted octanol–water partition coefficient (Wildman–Crippen LogP) is 2.03. The van der Waals surface area contributed by atoms with Crippen LogP contribution < -0.4 is 10.9 Å². The van der Waals surface area contributed by atoms with Gasteiger partial charge in [0.25, 0.3) is 11.5 Å². The summed E-state index contributed by atoms with van der Waals surface area (Å²) < 4.78 is 1.73. The van der Waals surface area contributed by atoms with E-state index in [0.29, 0.717) is 18.1 Å². The number of nitrogens with zero attached hydrogens (tertiary/aromatic N) is 3. The molecule has 0 bridgehead atoms. The Morgan fingerprint density at radius 2 is 2.04 bits per heavy atom. The lowest BCUT2D eigenvalue weighted by Crippen LogP contribution is -2.30. The number of aromatic amines is 1. The number of hydrogen-bond donors (Lipinski definition) is 2. The minimum absolute atomic E-state index is 0.00000415. The van der Waals surface area contributed by atoms with E-state index in [2.05, 4.69) is 20.4 Å². The Bertz CT molecular complexity index is 965. The van der Waals surface area contributed by atoms with Gasteiger partial charge in [0.2, 0.25) is 0 Å². The molecule has 7 nitrogen and oxygen atoms in total. The maximum atomic E-state index is 12.2. The molecule has 3 aromatic rings. The topological polar surface area (TPSA) is 92.7 Å². The van der Waals surface area contributed by atoms with Crippen LogP contribution in [0.1, 0.15) is 27.4 Å². The van der Waals surface area contributed by atoms with Crippen LogP contribution in [0.4, 0.5) is 0 Å². The minimum atomic E-state index is -0.454. The number of amides is 1. The Morgan fingerprint density at radius 1 is 1.27 bits per heavy atom. The van der Waals surface area contributed by atoms with E-state index in [9.17, 15) is 9.59 Å². The third-order valence-electron chi connectivity index (χ3n) is 3.99. The lowest BCUT2D eigenvalue weighted by Gasteiger charge is -2.06. The van der Waals surface area contributed by atoms with Crippen molar-refractivity contribution in [2.24, 2.45) is 7.05 Å². The third kappa shape index (κ3) is 4.20. The van der Waals surface area contributed by atoms with Crippen molar-refractivity contribution < 1.29 is 4.79 Å². The van der Waals surface area contributed by atoms with E-state index < -0.39 is 11.5 Å². The molecule has 0 saturated carbocycles. The van der Waals surface area contributed by atoms with Crippen molar-refractivity contribution in [2.75, 3.05) is 0 Å². The zero-order chi connectivity index (χ0) is 18.5. The summed E-state index contributed by atoms with van der Waals surface area (Å²) in [7, 11) is 1.83. The zero-order valence-corrected chi connectivity index (χ0v) is 15.3. The molecule has 0 saturated heterocycles. The maximum absolute atomic E-state index is 12.2. The molecule has 0 fully saturated rings. The van der Waals surface area contributed by atoms with Crippen molar-refractivity contribution in [1.82, 2.24) is 25.1 Å². The van der Waals surface area contributed by atoms with E-state index in [1.165, 1.54) is 6.20 Å². The Labute approximate surface area is 154 Å². The van der Waals surface area contributed by atoms with Crippen LogP contribution in [-0.4, -0.2) is 25.7 Å². The molecule has 0 aliphatic heterocycles. The van der Waals surface area contributed by atoms with Crippen molar-refractivity contribution in [2.45, 2.75) is 24.1 Å². The molecule has 26 heavy (non-hydrogen) atoms. The largest absolute Gasteiger partial charge is 0.348 e. The standard InChI is InChI=1S/C18H19N5O2S/c1-12-13(9-21-23(12)2)8-20-17(24)15-10-19-16(22-18(15)25)11-26-14-6-4-3-5-7-14/h3-7,9-10H,8,11H2,1-2H3,(H,20,24)(H,19,22,25). The Balaban J connectivity index is 1.62. The fourth-order valence-corrected chi connectivity index (χ4v) is 3.12. The summed E-state index contributed by atoms with van der Waals surface area (Å²) in [6.07, 6.45) is 3.02. The van der Waals surface area contributed by atoms with Crippen molar-refractivity contribution in [3.05, 3.63) is 75.7 Å². The van der Waals surface area contributed by atoms with Gasteiger partial charge in [-0.1, -0.05) is 18.2 Å². The first kappa shape index (κ1) is 17.9. The first-order valence-electron chi connectivity index (χ1n) is 8.06. The highest BCUT2D eigenvalue weighted by Crippen LogP contribution is 2.19. The molecule has 0 aliphatic rings. The molecule has 3 rings (SSSR count). The number of carbonyl (C=O) groups is 1.